The third-order valence-electron chi connectivity index (χ3n) is 4.65. The first kappa shape index (κ1) is 22.6. The molecular formula is C24H20N2O5S2. The van der Waals surface area contributed by atoms with Crippen molar-refractivity contribution in [2.24, 2.45) is 4.99 Å². The van der Waals surface area contributed by atoms with Crippen LogP contribution < -0.4 is 14.2 Å². The van der Waals surface area contributed by atoms with Crippen molar-refractivity contribution in [3.8, 4) is 11.5 Å². The van der Waals surface area contributed by atoms with Crippen LogP contribution in [0.25, 0.3) is 6.08 Å². The molecule has 0 radical (unpaired) electrons. The number of hydrogen-bond donors (Lipinski definition) is 1. The van der Waals surface area contributed by atoms with E-state index in [1.54, 1.807) is 73.8 Å². The number of benzene rings is 3. The first-order valence-electron chi connectivity index (χ1n) is 9.87. The SMILES string of the molecule is COc1ccc(N=C2NC(=O)/C(=C/c3ccc(OS(=O)(=O)c4ccc(C)cc4)cc3)S2)cc1. The lowest BCUT2D eigenvalue weighted by atomic mass is 10.2. The van der Waals surface area contributed by atoms with Gasteiger partial charge in [-0.3, -0.25) is 4.79 Å². The average Bonchev–Trinajstić information content (AvgIpc) is 3.14. The molecule has 1 aliphatic heterocycles. The summed E-state index contributed by atoms with van der Waals surface area (Å²) in [5, 5.41) is 3.21. The Hall–Kier alpha value is -3.56. The maximum Gasteiger partial charge on any atom is 0.339 e. The molecule has 0 aromatic heterocycles. The van der Waals surface area contributed by atoms with Gasteiger partial charge in [0.15, 0.2) is 5.17 Å². The molecule has 0 saturated carbocycles. The minimum absolute atomic E-state index is 0.0852. The van der Waals surface area contributed by atoms with Gasteiger partial charge in [-0.15, -0.1) is 0 Å². The average molecular weight is 481 g/mol. The van der Waals surface area contributed by atoms with Crippen LogP contribution in [0, 0.1) is 6.92 Å². The van der Waals surface area contributed by atoms with Crippen molar-refractivity contribution in [3.63, 3.8) is 0 Å². The number of aliphatic imine (C=N–C) groups is 1. The number of nitrogens with zero attached hydrogens (tertiary/aromatic N) is 1. The molecule has 1 amide bonds. The molecule has 33 heavy (non-hydrogen) atoms. The summed E-state index contributed by atoms with van der Waals surface area (Å²) >= 11 is 1.22. The summed E-state index contributed by atoms with van der Waals surface area (Å²) < 4.78 is 35.2. The van der Waals surface area contributed by atoms with E-state index < -0.39 is 10.1 Å². The number of thioether (sulfide) groups is 1. The summed E-state index contributed by atoms with van der Waals surface area (Å²) in [4.78, 5) is 17.3. The van der Waals surface area contributed by atoms with Crippen LogP contribution in [0.5, 0.6) is 11.5 Å². The van der Waals surface area contributed by atoms with Crippen molar-refractivity contribution >= 4 is 44.7 Å². The van der Waals surface area contributed by atoms with E-state index in [0.717, 1.165) is 16.9 Å². The number of amides is 1. The number of hydrogen-bond acceptors (Lipinski definition) is 7. The highest BCUT2D eigenvalue weighted by atomic mass is 32.2. The number of ether oxygens (including phenoxy) is 1. The zero-order valence-corrected chi connectivity index (χ0v) is 19.4. The molecule has 168 valence electrons. The largest absolute Gasteiger partial charge is 0.497 e. The highest BCUT2D eigenvalue weighted by Crippen LogP contribution is 2.29. The van der Waals surface area contributed by atoms with Crippen LogP contribution in [0.1, 0.15) is 11.1 Å². The highest BCUT2D eigenvalue weighted by molar-refractivity contribution is 8.18. The van der Waals surface area contributed by atoms with Gasteiger partial charge < -0.3 is 14.2 Å². The van der Waals surface area contributed by atoms with Crippen molar-refractivity contribution in [1.82, 2.24) is 5.32 Å². The molecular weight excluding hydrogens is 460 g/mol. The number of nitrogens with one attached hydrogen (secondary N) is 1. The number of amidine groups is 1. The van der Waals surface area contributed by atoms with Gasteiger partial charge in [-0.1, -0.05) is 29.8 Å². The van der Waals surface area contributed by atoms with E-state index in [-0.39, 0.29) is 16.6 Å². The van der Waals surface area contributed by atoms with Crippen LogP contribution in [0.15, 0.2) is 87.6 Å². The van der Waals surface area contributed by atoms with Crippen molar-refractivity contribution in [3.05, 3.63) is 88.8 Å². The lowest BCUT2D eigenvalue weighted by Gasteiger charge is -2.07. The fourth-order valence-electron chi connectivity index (χ4n) is 2.91. The lowest BCUT2D eigenvalue weighted by molar-refractivity contribution is -0.115. The lowest BCUT2D eigenvalue weighted by Crippen LogP contribution is -2.19. The van der Waals surface area contributed by atoms with Gasteiger partial charge in [0.25, 0.3) is 5.91 Å². The predicted molar refractivity (Wildman–Crippen MR) is 129 cm³/mol. The van der Waals surface area contributed by atoms with Gasteiger partial charge in [-0.05, 0) is 78.9 Å². The predicted octanol–water partition coefficient (Wildman–Crippen LogP) is 4.66. The quantitative estimate of drug-likeness (QED) is 0.407. The number of aryl methyl sites for hydroxylation is 1. The summed E-state index contributed by atoms with van der Waals surface area (Å²) in [6.45, 7) is 1.88. The first-order valence-corrected chi connectivity index (χ1v) is 12.1. The highest BCUT2D eigenvalue weighted by Gasteiger charge is 2.24. The third-order valence-corrected chi connectivity index (χ3v) is 6.82. The fraction of sp³-hybridized carbons (Fsp3) is 0.0833. The van der Waals surface area contributed by atoms with Crippen LogP contribution in [0.4, 0.5) is 5.69 Å². The summed E-state index contributed by atoms with van der Waals surface area (Å²) in [5.41, 5.74) is 2.37. The normalized spacial score (nSPS) is 16.1. The van der Waals surface area contributed by atoms with Crippen molar-refractivity contribution in [2.45, 2.75) is 11.8 Å². The zero-order valence-electron chi connectivity index (χ0n) is 17.8. The Kier molecular flexibility index (Phi) is 6.52. The summed E-state index contributed by atoms with van der Waals surface area (Å²) in [7, 11) is -2.33. The first-order chi connectivity index (χ1) is 15.8. The Balaban J connectivity index is 1.45. The second-order valence-electron chi connectivity index (χ2n) is 7.10. The van der Waals surface area contributed by atoms with E-state index >= 15 is 0 Å². The Morgan fingerprint density at radius 1 is 0.909 bits per heavy atom. The number of rotatable bonds is 6. The Labute approximate surface area is 196 Å². The van der Waals surface area contributed by atoms with E-state index in [1.807, 2.05) is 6.92 Å². The molecule has 9 heteroatoms. The van der Waals surface area contributed by atoms with Gasteiger partial charge in [-0.25, -0.2) is 4.99 Å². The Bertz CT molecular complexity index is 1330. The van der Waals surface area contributed by atoms with Crippen LogP contribution in [-0.4, -0.2) is 26.6 Å². The minimum atomic E-state index is -3.92. The van der Waals surface area contributed by atoms with E-state index in [2.05, 4.69) is 10.3 Å². The van der Waals surface area contributed by atoms with Gasteiger partial charge in [0, 0.05) is 0 Å². The summed E-state index contributed by atoms with van der Waals surface area (Å²) in [6, 6.07) is 20.1. The molecule has 0 spiro atoms. The molecule has 3 aromatic rings. The van der Waals surface area contributed by atoms with Crippen LogP contribution in [0.2, 0.25) is 0 Å². The standard InChI is InChI=1S/C24H20N2O5S2/c1-16-3-13-21(14-4-16)33(28,29)31-20-9-5-17(6-10-20)15-22-23(27)26-24(32-22)25-18-7-11-19(30-2)12-8-18/h3-15H,1-2H3,(H,25,26,27)/b22-15-. The minimum Gasteiger partial charge on any atom is -0.497 e. The van der Waals surface area contributed by atoms with Gasteiger partial charge in [0.05, 0.1) is 17.7 Å². The van der Waals surface area contributed by atoms with Crippen LogP contribution in [-0.2, 0) is 14.9 Å². The molecule has 0 atom stereocenters. The summed E-state index contributed by atoms with van der Waals surface area (Å²) in [5.74, 6) is 0.652. The molecule has 1 heterocycles. The summed E-state index contributed by atoms with van der Waals surface area (Å²) in [6.07, 6.45) is 1.70. The van der Waals surface area contributed by atoms with Crippen molar-refractivity contribution in [2.75, 3.05) is 7.11 Å². The van der Waals surface area contributed by atoms with Gasteiger partial charge in [0.2, 0.25) is 0 Å². The number of methoxy groups -OCH3 is 1. The molecule has 0 aliphatic carbocycles. The second-order valence-corrected chi connectivity index (χ2v) is 9.68. The topological polar surface area (TPSA) is 94.1 Å². The van der Waals surface area contributed by atoms with Gasteiger partial charge >= 0.3 is 10.1 Å². The molecule has 0 unspecified atom stereocenters. The van der Waals surface area contributed by atoms with Gasteiger partial charge in [0.1, 0.15) is 16.4 Å². The van der Waals surface area contributed by atoms with Crippen molar-refractivity contribution in [1.29, 1.82) is 0 Å². The molecule has 3 aromatic carbocycles. The van der Waals surface area contributed by atoms with Crippen LogP contribution >= 0.6 is 11.8 Å². The molecule has 0 bridgehead atoms. The molecule has 1 aliphatic rings. The molecule has 1 fully saturated rings. The van der Waals surface area contributed by atoms with Crippen molar-refractivity contribution < 1.29 is 22.1 Å². The van der Waals surface area contributed by atoms with Gasteiger partial charge in [-0.2, -0.15) is 8.42 Å². The monoisotopic (exact) mass is 480 g/mol. The number of carbonyl (C=O) groups is 1. The van der Waals surface area contributed by atoms with E-state index in [9.17, 15) is 13.2 Å². The molecule has 1 N–H and O–H groups in total. The zero-order chi connectivity index (χ0) is 23.4. The maximum atomic E-state index is 12.4. The molecule has 7 nitrogen and oxygen atoms in total. The fourth-order valence-corrected chi connectivity index (χ4v) is 4.68. The third kappa shape index (κ3) is 5.63. The smallest absolute Gasteiger partial charge is 0.339 e. The van der Waals surface area contributed by atoms with E-state index in [4.69, 9.17) is 8.92 Å². The second kappa shape index (κ2) is 9.51. The Morgan fingerprint density at radius 3 is 2.18 bits per heavy atom. The number of carbonyl (C=O) groups excluding carboxylic acids is 1. The maximum absolute atomic E-state index is 12.4. The van der Waals surface area contributed by atoms with Crippen LogP contribution in [0.3, 0.4) is 0 Å². The Morgan fingerprint density at radius 2 is 1.55 bits per heavy atom. The molecule has 4 rings (SSSR count). The van der Waals surface area contributed by atoms with E-state index in [1.165, 1.54) is 23.9 Å². The van der Waals surface area contributed by atoms with E-state index in [0.29, 0.717) is 15.8 Å². The molecule has 1 saturated heterocycles.